The van der Waals surface area contributed by atoms with E-state index in [0.717, 1.165) is 5.56 Å². The van der Waals surface area contributed by atoms with E-state index in [1.165, 1.54) is 0 Å². The zero-order chi connectivity index (χ0) is 12.4. The van der Waals surface area contributed by atoms with E-state index in [0.29, 0.717) is 11.3 Å². The molecule has 2 aromatic rings. The van der Waals surface area contributed by atoms with Crippen LogP contribution in [0.1, 0.15) is 5.56 Å². The molecule has 2 aromatic heterocycles. The number of nitrogens with two attached hydrogens (primary N) is 2. The highest BCUT2D eigenvalue weighted by molar-refractivity contribution is 7.07. The first-order chi connectivity index (χ1) is 8.09. The topological polar surface area (TPSA) is 126 Å². The molecule has 0 radical (unpaired) electrons. The highest BCUT2D eigenvalue weighted by atomic mass is 32.1. The molecule has 0 atom stereocenters. The standard InChI is InChI=1S/C9H12N6OS/c10-6-7(11)15(16)8(12)9(14-6)13-3-5-1-2-17-4-5/h1-2,4,11,13,16H,3,12H2,(H2,10,14). The molecular weight excluding hydrogens is 240 g/mol. The van der Waals surface area contributed by atoms with Crippen molar-refractivity contribution in [3.8, 4) is 0 Å². The smallest absolute Gasteiger partial charge is 0.205 e. The molecule has 0 aliphatic heterocycles. The third-order valence-corrected chi connectivity index (χ3v) is 2.93. The fraction of sp³-hybridized carbons (Fsp3) is 0.111. The number of nitrogens with zero attached hydrogens (tertiary/aromatic N) is 2. The van der Waals surface area contributed by atoms with E-state index in [1.807, 2.05) is 16.8 Å². The van der Waals surface area contributed by atoms with Gasteiger partial charge in [-0.1, -0.05) is 0 Å². The summed E-state index contributed by atoms with van der Waals surface area (Å²) in [5.41, 5.74) is 11.8. The lowest BCUT2D eigenvalue weighted by Crippen LogP contribution is -2.26. The van der Waals surface area contributed by atoms with Crippen LogP contribution in [0.3, 0.4) is 0 Å². The van der Waals surface area contributed by atoms with Crippen LogP contribution >= 0.6 is 11.3 Å². The van der Waals surface area contributed by atoms with Crippen molar-refractivity contribution in [1.29, 1.82) is 5.41 Å². The predicted molar refractivity (Wildman–Crippen MR) is 65.7 cm³/mol. The van der Waals surface area contributed by atoms with Gasteiger partial charge in [-0.3, -0.25) is 5.41 Å². The van der Waals surface area contributed by atoms with Gasteiger partial charge < -0.3 is 22.0 Å². The van der Waals surface area contributed by atoms with Crippen LogP contribution in [-0.4, -0.2) is 14.9 Å². The summed E-state index contributed by atoms with van der Waals surface area (Å²) >= 11 is 1.59. The monoisotopic (exact) mass is 252 g/mol. The Balaban J connectivity index is 2.25. The lowest BCUT2D eigenvalue weighted by molar-refractivity contribution is 0.177. The third-order valence-electron chi connectivity index (χ3n) is 2.20. The molecule has 0 bridgehead atoms. The summed E-state index contributed by atoms with van der Waals surface area (Å²) in [5, 5.41) is 23.7. The third kappa shape index (κ3) is 2.16. The Labute approximate surface area is 101 Å². The van der Waals surface area contributed by atoms with Gasteiger partial charge in [0, 0.05) is 6.54 Å². The van der Waals surface area contributed by atoms with Crippen molar-refractivity contribution in [3.63, 3.8) is 0 Å². The van der Waals surface area contributed by atoms with Crippen LogP contribution in [0.5, 0.6) is 0 Å². The second-order valence-corrected chi connectivity index (χ2v) is 4.16. The summed E-state index contributed by atoms with van der Waals surface area (Å²) in [6, 6.07) is 1.96. The maximum atomic E-state index is 9.47. The fourth-order valence-electron chi connectivity index (χ4n) is 1.27. The highest BCUT2D eigenvalue weighted by Gasteiger charge is 2.09. The fourth-order valence-corrected chi connectivity index (χ4v) is 1.94. The number of hydrogen-bond acceptors (Lipinski definition) is 7. The summed E-state index contributed by atoms with van der Waals surface area (Å²) in [6.07, 6.45) is 0. The summed E-state index contributed by atoms with van der Waals surface area (Å²) in [7, 11) is 0. The van der Waals surface area contributed by atoms with E-state index in [1.54, 1.807) is 11.3 Å². The minimum atomic E-state index is -0.330. The SMILES string of the molecule is N=c1c(N)nc(NCc2ccsc2)c(N)n1O. The molecule has 2 rings (SSSR count). The lowest BCUT2D eigenvalue weighted by Gasteiger charge is -2.11. The molecule has 7 nitrogen and oxygen atoms in total. The normalized spacial score (nSPS) is 10.4. The van der Waals surface area contributed by atoms with Gasteiger partial charge in [-0.15, -0.1) is 4.73 Å². The highest BCUT2D eigenvalue weighted by Crippen LogP contribution is 2.15. The van der Waals surface area contributed by atoms with Crippen molar-refractivity contribution < 1.29 is 5.21 Å². The Hall–Kier alpha value is -2.22. The summed E-state index contributed by atoms with van der Waals surface area (Å²) in [4.78, 5) is 3.91. The number of nitrogens with one attached hydrogen (secondary N) is 2. The van der Waals surface area contributed by atoms with Crippen LogP contribution < -0.4 is 22.3 Å². The van der Waals surface area contributed by atoms with Crippen molar-refractivity contribution in [2.45, 2.75) is 6.54 Å². The molecule has 0 spiro atoms. The first-order valence-corrected chi connectivity index (χ1v) is 5.70. The number of anilines is 3. The molecule has 90 valence electrons. The molecule has 0 unspecified atom stereocenters. The van der Waals surface area contributed by atoms with Gasteiger partial charge in [0.2, 0.25) is 5.49 Å². The maximum absolute atomic E-state index is 9.47. The summed E-state index contributed by atoms with van der Waals surface area (Å²) in [5.74, 6) is 0.126. The minimum absolute atomic E-state index is 0.0422. The molecule has 0 saturated carbocycles. The van der Waals surface area contributed by atoms with Crippen LogP contribution in [0.25, 0.3) is 0 Å². The van der Waals surface area contributed by atoms with E-state index in [2.05, 4.69) is 10.3 Å². The maximum Gasteiger partial charge on any atom is 0.205 e. The van der Waals surface area contributed by atoms with Crippen LogP contribution in [0, 0.1) is 5.41 Å². The van der Waals surface area contributed by atoms with Crippen LogP contribution in [0.4, 0.5) is 17.5 Å². The van der Waals surface area contributed by atoms with Gasteiger partial charge in [-0.25, -0.2) is 4.98 Å². The van der Waals surface area contributed by atoms with Crippen molar-refractivity contribution in [2.24, 2.45) is 0 Å². The summed E-state index contributed by atoms with van der Waals surface area (Å²) < 4.78 is 0.498. The Kier molecular flexibility index (Phi) is 2.88. The number of thiophene rings is 1. The number of nitrogen functional groups attached to an aromatic ring is 2. The van der Waals surface area contributed by atoms with Gasteiger partial charge in [0.1, 0.15) is 0 Å². The second-order valence-electron chi connectivity index (χ2n) is 3.38. The summed E-state index contributed by atoms with van der Waals surface area (Å²) in [6.45, 7) is 0.525. The molecule has 0 amide bonds. The van der Waals surface area contributed by atoms with Gasteiger partial charge >= 0.3 is 0 Å². The van der Waals surface area contributed by atoms with Gasteiger partial charge in [-0.2, -0.15) is 11.3 Å². The largest absolute Gasteiger partial charge is 0.425 e. The zero-order valence-corrected chi connectivity index (χ0v) is 9.66. The van der Waals surface area contributed by atoms with Crippen molar-refractivity contribution in [3.05, 3.63) is 27.9 Å². The van der Waals surface area contributed by atoms with Crippen molar-refractivity contribution in [2.75, 3.05) is 16.8 Å². The lowest BCUT2D eigenvalue weighted by atomic mass is 10.3. The predicted octanol–water partition coefficient (Wildman–Crippen LogP) is 0.438. The van der Waals surface area contributed by atoms with Crippen molar-refractivity contribution >= 4 is 28.8 Å². The number of rotatable bonds is 3. The molecule has 0 aliphatic rings. The molecule has 17 heavy (non-hydrogen) atoms. The quantitative estimate of drug-likeness (QED) is 0.507. The number of aromatic nitrogens is 2. The van der Waals surface area contributed by atoms with Gasteiger partial charge in [-0.05, 0) is 22.4 Å². The Morgan fingerprint density at radius 2 is 2.29 bits per heavy atom. The van der Waals surface area contributed by atoms with Crippen molar-refractivity contribution in [1.82, 2.24) is 9.71 Å². The average Bonchev–Trinajstić information content (AvgIpc) is 2.82. The number of hydrogen-bond donors (Lipinski definition) is 5. The Morgan fingerprint density at radius 3 is 2.94 bits per heavy atom. The molecule has 0 aromatic carbocycles. The van der Waals surface area contributed by atoms with Crippen LogP contribution in [0.2, 0.25) is 0 Å². The molecule has 0 fully saturated rings. The first kappa shape index (κ1) is 11.3. The van der Waals surface area contributed by atoms with Gasteiger partial charge in [0.15, 0.2) is 17.5 Å². The van der Waals surface area contributed by atoms with E-state index >= 15 is 0 Å². The first-order valence-electron chi connectivity index (χ1n) is 4.76. The van der Waals surface area contributed by atoms with Crippen LogP contribution in [0.15, 0.2) is 16.8 Å². The molecule has 0 saturated heterocycles. The minimum Gasteiger partial charge on any atom is -0.425 e. The van der Waals surface area contributed by atoms with Crippen LogP contribution in [-0.2, 0) is 6.54 Å². The molecule has 7 N–H and O–H groups in total. The molecule has 2 heterocycles. The molecule has 8 heteroatoms. The van der Waals surface area contributed by atoms with E-state index < -0.39 is 0 Å². The van der Waals surface area contributed by atoms with E-state index in [-0.39, 0.29) is 22.9 Å². The van der Waals surface area contributed by atoms with E-state index in [9.17, 15) is 5.21 Å². The average molecular weight is 252 g/mol. The van der Waals surface area contributed by atoms with Gasteiger partial charge in [0.25, 0.3) is 0 Å². The zero-order valence-electron chi connectivity index (χ0n) is 8.84. The second kappa shape index (κ2) is 4.34. The van der Waals surface area contributed by atoms with Gasteiger partial charge in [0.05, 0.1) is 0 Å². The Bertz CT molecular complexity index is 576. The molecular formula is C9H12N6OS. The van der Waals surface area contributed by atoms with E-state index in [4.69, 9.17) is 16.9 Å². The molecule has 0 aliphatic carbocycles. The Morgan fingerprint density at radius 1 is 1.53 bits per heavy atom.